The first-order chi connectivity index (χ1) is 9.17. The van der Waals surface area contributed by atoms with Crippen molar-refractivity contribution in [2.24, 2.45) is 0 Å². The van der Waals surface area contributed by atoms with Crippen LogP contribution in [0.2, 0.25) is 0 Å². The molecule has 0 unspecified atom stereocenters. The third kappa shape index (κ3) is 4.24. The molecular weight excluding hydrogens is 238 g/mol. The molecule has 1 aliphatic heterocycles. The van der Waals surface area contributed by atoms with Gasteiger partial charge in [-0.05, 0) is 51.2 Å². The number of piperidine rings is 1. The number of hydrogen-bond donors (Lipinski definition) is 2. The van der Waals surface area contributed by atoms with Gasteiger partial charge in [0.1, 0.15) is 0 Å². The summed E-state index contributed by atoms with van der Waals surface area (Å²) in [5, 5.41) is 6.44. The van der Waals surface area contributed by atoms with E-state index < -0.39 is 0 Å². The highest BCUT2D eigenvalue weighted by molar-refractivity contribution is 5.90. The lowest BCUT2D eigenvalue weighted by Crippen LogP contribution is -2.36. The molecule has 0 aliphatic carbocycles. The Morgan fingerprint density at radius 1 is 1.32 bits per heavy atom. The predicted molar refractivity (Wildman–Crippen MR) is 79.5 cm³/mol. The van der Waals surface area contributed by atoms with Crippen LogP contribution in [0, 0.1) is 0 Å². The number of nitrogens with zero attached hydrogens (tertiary/aromatic N) is 1. The zero-order valence-electron chi connectivity index (χ0n) is 11.8. The summed E-state index contributed by atoms with van der Waals surface area (Å²) in [6.45, 7) is 4.14. The molecule has 2 rings (SSSR count). The Bertz CT molecular complexity index is 425. The zero-order valence-corrected chi connectivity index (χ0v) is 11.8. The number of carbonyl (C=O) groups excluding carboxylic acids is 1. The van der Waals surface area contributed by atoms with E-state index in [1.807, 2.05) is 25.1 Å². The second-order valence-electron chi connectivity index (χ2n) is 5.20. The number of anilines is 2. The van der Waals surface area contributed by atoms with Crippen LogP contribution in [0.3, 0.4) is 0 Å². The fourth-order valence-corrected chi connectivity index (χ4v) is 2.32. The van der Waals surface area contributed by atoms with Gasteiger partial charge in [-0.3, -0.25) is 4.79 Å². The van der Waals surface area contributed by atoms with E-state index in [2.05, 4.69) is 28.6 Å². The SMILES string of the molecule is CCC(=O)Nc1cccc(NC2CCN(C)CC2)c1. The number of amides is 1. The third-order valence-corrected chi connectivity index (χ3v) is 3.56. The Hall–Kier alpha value is -1.55. The molecule has 1 heterocycles. The molecule has 2 N–H and O–H groups in total. The maximum Gasteiger partial charge on any atom is 0.224 e. The van der Waals surface area contributed by atoms with Crippen molar-refractivity contribution in [2.75, 3.05) is 30.8 Å². The lowest BCUT2D eigenvalue weighted by Gasteiger charge is -2.30. The van der Waals surface area contributed by atoms with E-state index in [-0.39, 0.29) is 5.91 Å². The van der Waals surface area contributed by atoms with Crippen LogP contribution < -0.4 is 10.6 Å². The lowest BCUT2D eigenvalue weighted by molar-refractivity contribution is -0.115. The third-order valence-electron chi connectivity index (χ3n) is 3.56. The van der Waals surface area contributed by atoms with Gasteiger partial charge in [-0.15, -0.1) is 0 Å². The minimum Gasteiger partial charge on any atom is -0.382 e. The minimum atomic E-state index is 0.0523. The summed E-state index contributed by atoms with van der Waals surface area (Å²) in [6, 6.07) is 8.50. The van der Waals surface area contributed by atoms with Gasteiger partial charge in [-0.25, -0.2) is 0 Å². The Morgan fingerprint density at radius 3 is 2.68 bits per heavy atom. The number of benzene rings is 1. The molecule has 1 amide bonds. The van der Waals surface area contributed by atoms with Gasteiger partial charge in [0.2, 0.25) is 5.91 Å². The fraction of sp³-hybridized carbons (Fsp3) is 0.533. The summed E-state index contributed by atoms with van der Waals surface area (Å²) < 4.78 is 0. The van der Waals surface area contributed by atoms with Crippen molar-refractivity contribution in [3.05, 3.63) is 24.3 Å². The van der Waals surface area contributed by atoms with Gasteiger partial charge < -0.3 is 15.5 Å². The van der Waals surface area contributed by atoms with E-state index in [4.69, 9.17) is 0 Å². The molecule has 0 aromatic heterocycles. The van der Waals surface area contributed by atoms with Crippen molar-refractivity contribution in [2.45, 2.75) is 32.2 Å². The molecule has 0 spiro atoms. The van der Waals surface area contributed by atoms with Crippen LogP contribution in [-0.4, -0.2) is 37.0 Å². The van der Waals surface area contributed by atoms with Gasteiger partial charge in [0, 0.05) is 23.8 Å². The fourth-order valence-electron chi connectivity index (χ4n) is 2.32. The van der Waals surface area contributed by atoms with Crippen molar-refractivity contribution in [1.29, 1.82) is 0 Å². The van der Waals surface area contributed by atoms with Crippen LogP contribution in [0.1, 0.15) is 26.2 Å². The number of rotatable bonds is 4. The Kier molecular flexibility index (Phi) is 4.80. The normalized spacial score (nSPS) is 17.2. The van der Waals surface area contributed by atoms with E-state index >= 15 is 0 Å². The van der Waals surface area contributed by atoms with Gasteiger partial charge in [-0.1, -0.05) is 13.0 Å². The molecule has 19 heavy (non-hydrogen) atoms. The van der Waals surface area contributed by atoms with Crippen LogP contribution in [-0.2, 0) is 4.79 Å². The van der Waals surface area contributed by atoms with Gasteiger partial charge in [-0.2, -0.15) is 0 Å². The topological polar surface area (TPSA) is 44.4 Å². The molecule has 104 valence electrons. The molecule has 1 aliphatic rings. The van der Waals surface area contributed by atoms with Crippen LogP contribution in [0.5, 0.6) is 0 Å². The Morgan fingerprint density at radius 2 is 2.00 bits per heavy atom. The number of carbonyl (C=O) groups is 1. The van der Waals surface area contributed by atoms with E-state index in [1.54, 1.807) is 0 Å². The summed E-state index contributed by atoms with van der Waals surface area (Å²) in [6.07, 6.45) is 2.84. The molecule has 0 saturated carbocycles. The van der Waals surface area contributed by atoms with Crippen LogP contribution in [0.15, 0.2) is 24.3 Å². The van der Waals surface area contributed by atoms with Crippen LogP contribution in [0.4, 0.5) is 11.4 Å². The number of nitrogens with one attached hydrogen (secondary N) is 2. The van der Waals surface area contributed by atoms with Crippen molar-refractivity contribution in [3.63, 3.8) is 0 Å². The molecule has 1 saturated heterocycles. The van der Waals surface area contributed by atoms with Crippen molar-refractivity contribution >= 4 is 17.3 Å². The van der Waals surface area contributed by atoms with Gasteiger partial charge in [0.15, 0.2) is 0 Å². The number of hydrogen-bond acceptors (Lipinski definition) is 3. The van der Waals surface area contributed by atoms with Gasteiger partial charge in [0.05, 0.1) is 0 Å². The maximum absolute atomic E-state index is 11.4. The highest BCUT2D eigenvalue weighted by atomic mass is 16.1. The smallest absolute Gasteiger partial charge is 0.224 e. The summed E-state index contributed by atoms with van der Waals surface area (Å²) >= 11 is 0. The monoisotopic (exact) mass is 261 g/mol. The van der Waals surface area contributed by atoms with Crippen molar-refractivity contribution in [1.82, 2.24) is 4.90 Å². The van der Waals surface area contributed by atoms with E-state index in [0.717, 1.165) is 24.5 Å². The van der Waals surface area contributed by atoms with Crippen LogP contribution in [0.25, 0.3) is 0 Å². The summed E-state index contributed by atoms with van der Waals surface area (Å²) in [7, 11) is 2.16. The standard InChI is InChI=1S/C15H23N3O/c1-3-15(19)17-14-6-4-5-13(11-14)16-12-7-9-18(2)10-8-12/h4-6,11-12,16H,3,7-10H2,1-2H3,(H,17,19). The molecule has 4 nitrogen and oxygen atoms in total. The second-order valence-corrected chi connectivity index (χ2v) is 5.20. The Labute approximate surface area is 115 Å². The summed E-state index contributed by atoms with van der Waals surface area (Å²) in [4.78, 5) is 13.7. The molecule has 0 bridgehead atoms. The van der Waals surface area contributed by atoms with Crippen molar-refractivity contribution in [3.8, 4) is 0 Å². The highest BCUT2D eigenvalue weighted by Gasteiger charge is 2.16. The lowest BCUT2D eigenvalue weighted by atomic mass is 10.1. The van der Waals surface area contributed by atoms with E-state index in [9.17, 15) is 4.79 Å². The van der Waals surface area contributed by atoms with E-state index in [1.165, 1.54) is 12.8 Å². The van der Waals surface area contributed by atoms with Crippen molar-refractivity contribution < 1.29 is 4.79 Å². The highest BCUT2D eigenvalue weighted by Crippen LogP contribution is 2.19. The second kappa shape index (κ2) is 6.57. The first kappa shape index (κ1) is 13.9. The Balaban J connectivity index is 1.93. The molecule has 1 aromatic carbocycles. The first-order valence-corrected chi connectivity index (χ1v) is 7.02. The quantitative estimate of drug-likeness (QED) is 0.875. The molecule has 4 heteroatoms. The molecule has 1 aromatic rings. The maximum atomic E-state index is 11.4. The van der Waals surface area contributed by atoms with E-state index in [0.29, 0.717) is 12.5 Å². The minimum absolute atomic E-state index is 0.0523. The average Bonchev–Trinajstić information content (AvgIpc) is 2.42. The molecule has 0 radical (unpaired) electrons. The molecular formula is C15H23N3O. The van der Waals surface area contributed by atoms with Gasteiger partial charge >= 0.3 is 0 Å². The molecule has 1 fully saturated rings. The summed E-state index contributed by atoms with van der Waals surface area (Å²) in [5.74, 6) is 0.0523. The average molecular weight is 261 g/mol. The zero-order chi connectivity index (χ0) is 13.7. The van der Waals surface area contributed by atoms with Crippen LogP contribution >= 0.6 is 0 Å². The molecule has 0 atom stereocenters. The predicted octanol–water partition coefficient (Wildman–Crippen LogP) is 2.54. The summed E-state index contributed by atoms with van der Waals surface area (Å²) in [5.41, 5.74) is 1.95. The largest absolute Gasteiger partial charge is 0.382 e. The van der Waals surface area contributed by atoms with Gasteiger partial charge in [0.25, 0.3) is 0 Å². The number of likely N-dealkylation sites (tertiary alicyclic amines) is 1. The first-order valence-electron chi connectivity index (χ1n) is 7.02.